The summed E-state index contributed by atoms with van der Waals surface area (Å²) in [5.41, 5.74) is 1.64. The summed E-state index contributed by atoms with van der Waals surface area (Å²) in [6.45, 7) is 7.87. The molecule has 0 spiro atoms. The number of carbonyl (C=O) groups excluding carboxylic acids is 1. The highest BCUT2D eigenvalue weighted by Crippen LogP contribution is 2.17. The Morgan fingerprint density at radius 2 is 2.10 bits per heavy atom. The van der Waals surface area contributed by atoms with Crippen LogP contribution >= 0.6 is 11.8 Å². The van der Waals surface area contributed by atoms with Gasteiger partial charge in [-0.2, -0.15) is 11.8 Å². The topological polar surface area (TPSA) is 54.0 Å². The van der Waals surface area contributed by atoms with Gasteiger partial charge < -0.3 is 10.6 Å². The molecule has 0 radical (unpaired) electrons. The second-order valence-corrected chi connectivity index (χ2v) is 6.34. The Balaban J connectivity index is 2.78. The van der Waals surface area contributed by atoms with Crippen molar-refractivity contribution in [3.63, 3.8) is 0 Å². The van der Waals surface area contributed by atoms with E-state index >= 15 is 0 Å². The minimum atomic E-state index is -0.0139. The molecule has 1 rings (SSSR count). The SMILES string of the molecule is CCCNc1cc(C(=O)NCCCSC)cc(C(C)C)n1. The van der Waals surface area contributed by atoms with Gasteiger partial charge in [0.1, 0.15) is 5.82 Å². The lowest BCUT2D eigenvalue weighted by Gasteiger charge is -2.12. The molecule has 118 valence electrons. The molecule has 2 N–H and O–H groups in total. The van der Waals surface area contributed by atoms with Crippen molar-refractivity contribution in [2.45, 2.75) is 39.5 Å². The van der Waals surface area contributed by atoms with Crippen LogP contribution in [-0.2, 0) is 0 Å². The Kier molecular flexibility index (Phi) is 8.20. The van der Waals surface area contributed by atoms with Crippen molar-refractivity contribution in [2.24, 2.45) is 0 Å². The van der Waals surface area contributed by atoms with Crippen molar-refractivity contribution >= 4 is 23.5 Å². The fourth-order valence-corrected chi connectivity index (χ4v) is 2.28. The molecule has 0 saturated carbocycles. The summed E-state index contributed by atoms with van der Waals surface area (Å²) in [6, 6.07) is 3.73. The lowest BCUT2D eigenvalue weighted by Crippen LogP contribution is -2.25. The molecule has 0 fully saturated rings. The van der Waals surface area contributed by atoms with Crippen molar-refractivity contribution in [3.05, 3.63) is 23.4 Å². The number of hydrogen-bond acceptors (Lipinski definition) is 4. The third-order valence-electron chi connectivity index (χ3n) is 3.07. The maximum Gasteiger partial charge on any atom is 0.251 e. The average Bonchev–Trinajstić information content (AvgIpc) is 2.49. The Bertz CT molecular complexity index is 449. The predicted molar refractivity (Wildman–Crippen MR) is 92.4 cm³/mol. The normalized spacial score (nSPS) is 10.7. The quantitative estimate of drug-likeness (QED) is 0.685. The molecule has 21 heavy (non-hydrogen) atoms. The van der Waals surface area contributed by atoms with Gasteiger partial charge in [0, 0.05) is 24.3 Å². The predicted octanol–water partition coefficient (Wildman–Crippen LogP) is 3.51. The first kappa shape index (κ1) is 17.8. The van der Waals surface area contributed by atoms with Crippen molar-refractivity contribution in [3.8, 4) is 0 Å². The number of hydrogen-bond donors (Lipinski definition) is 2. The molecule has 4 nitrogen and oxygen atoms in total. The van der Waals surface area contributed by atoms with E-state index in [0.29, 0.717) is 11.5 Å². The summed E-state index contributed by atoms with van der Waals surface area (Å²) >= 11 is 1.80. The Labute approximate surface area is 132 Å². The molecule has 0 aliphatic rings. The van der Waals surface area contributed by atoms with Crippen molar-refractivity contribution in [1.29, 1.82) is 0 Å². The average molecular weight is 309 g/mol. The van der Waals surface area contributed by atoms with Gasteiger partial charge in [-0.15, -0.1) is 0 Å². The van der Waals surface area contributed by atoms with Crippen molar-refractivity contribution < 1.29 is 4.79 Å². The maximum absolute atomic E-state index is 12.2. The Morgan fingerprint density at radius 1 is 1.33 bits per heavy atom. The fourth-order valence-electron chi connectivity index (χ4n) is 1.84. The van der Waals surface area contributed by atoms with E-state index in [0.717, 1.165) is 43.2 Å². The van der Waals surface area contributed by atoms with Gasteiger partial charge in [0.25, 0.3) is 5.91 Å². The molecule has 0 atom stereocenters. The highest BCUT2D eigenvalue weighted by molar-refractivity contribution is 7.98. The molecule has 0 saturated heterocycles. The lowest BCUT2D eigenvalue weighted by atomic mass is 10.1. The number of pyridine rings is 1. The molecular weight excluding hydrogens is 282 g/mol. The van der Waals surface area contributed by atoms with Gasteiger partial charge in [-0.1, -0.05) is 20.8 Å². The number of rotatable bonds is 9. The first-order valence-electron chi connectivity index (χ1n) is 7.61. The van der Waals surface area contributed by atoms with Crippen LogP contribution in [0.2, 0.25) is 0 Å². The van der Waals surface area contributed by atoms with Crippen LogP contribution in [0, 0.1) is 0 Å². The monoisotopic (exact) mass is 309 g/mol. The van der Waals surface area contributed by atoms with E-state index in [9.17, 15) is 4.79 Å². The van der Waals surface area contributed by atoms with Gasteiger partial charge in [-0.05, 0) is 42.9 Å². The highest BCUT2D eigenvalue weighted by Gasteiger charge is 2.11. The minimum Gasteiger partial charge on any atom is -0.370 e. The highest BCUT2D eigenvalue weighted by atomic mass is 32.2. The largest absolute Gasteiger partial charge is 0.370 e. The molecule has 0 aliphatic carbocycles. The summed E-state index contributed by atoms with van der Waals surface area (Å²) in [7, 11) is 0. The Hall–Kier alpha value is -1.23. The van der Waals surface area contributed by atoms with Crippen LogP contribution in [0.25, 0.3) is 0 Å². The van der Waals surface area contributed by atoms with Crippen molar-refractivity contribution in [1.82, 2.24) is 10.3 Å². The van der Waals surface area contributed by atoms with Crippen LogP contribution in [-0.4, -0.2) is 36.0 Å². The van der Waals surface area contributed by atoms with E-state index in [-0.39, 0.29) is 5.91 Å². The minimum absolute atomic E-state index is 0.0139. The molecule has 1 aromatic rings. The van der Waals surface area contributed by atoms with Gasteiger partial charge in [0.2, 0.25) is 0 Å². The molecule has 1 amide bonds. The number of carbonyl (C=O) groups is 1. The zero-order chi connectivity index (χ0) is 15.7. The van der Waals surface area contributed by atoms with E-state index in [2.05, 4.69) is 42.6 Å². The third-order valence-corrected chi connectivity index (χ3v) is 3.76. The summed E-state index contributed by atoms with van der Waals surface area (Å²) in [6.07, 6.45) is 4.10. The zero-order valence-corrected chi connectivity index (χ0v) is 14.3. The van der Waals surface area contributed by atoms with E-state index < -0.39 is 0 Å². The van der Waals surface area contributed by atoms with Gasteiger partial charge in [-0.25, -0.2) is 4.98 Å². The molecule has 5 heteroatoms. The molecule has 0 bridgehead atoms. The van der Waals surface area contributed by atoms with Crippen LogP contribution in [0.1, 0.15) is 55.6 Å². The van der Waals surface area contributed by atoms with Crippen molar-refractivity contribution in [2.75, 3.05) is 30.4 Å². The number of aromatic nitrogens is 1. The molecule has 1 aromatic heterocycles. The Morgan fingerprint density at radius 3 is 2.71 bits per heavy atom. The van der Waals surface area contributed by atoms with Gasteiger partial charge in [0.15, 0.2) is 0 Å². The van der Waals surface area contributed by atoms with Crippen LogP contribution in [0.4, 0.5) is 5.82 Å². The van der Waals surface area contributed by atoms with Crippen LogP contribution in [0.15, 0.2) is 12.1 Å². The maximum atomic E-state index is 12.2. The number of anilines is 1. The van der Waals surface area contributed by atoms with Crippen LogP contribution in [0.3, 0.4) is 0 Å². The molecule has 0 unspecified atom stereocenters. The second-order valence-electron chi connectivity index (χ2n) is 5.35. The van der Waals surface area contributed by atoms with E-state index in [1.165, 1.54) is 0 Å². The second kappa shape index (κ2) is 9.66. The van der Waals surface area contributed by atoms with Gasteiger partial charge in [0.05, 0.1) is 0 Å². The standard InChI is InChI=1S/C16H27N3OS/c1-5-7-17-15-11-13(10-14(19-15)12(2)3)16(20)18-8-6-9-21-4/h10-12H,5-9H2,1-4H3,(H,17,19)(H,18,20). The molecule has 0 aromatic carbocycles. The number of nitrogens with zero attached hydrogens (tertiary/aromatic N) is 1. The van der Waals surface area contributed by atoms with E-state index in [4.69, 9.17) is 0 Å². The summed E-state index contributed by atoms with van der Waals surface area (Å²) in [4.78, 5) is 16.8. The van der Waals surface area contributed by atoms with Gasteiger partial charge in [-0.3, -0.25) is 4.79 Å². The number of nitrogens with one attached hydrogen (secondary N) is 2. The number of amides is 1. The van der Waals surface area contributed by atoms with E-state index in [1.807, 2.05) is 12.1 Å². The summed E-state index contributed by atoms with van der Waals surface area (Å²) < 4.78 is 0. The molecular formula is C16H27N3OS. The van der Waals surface area contributed by atoms with Gasteiger partial charge >= 0.3 is 0 Å². The van der Waals surface area contributed by atoms with E-state index in [1.54, 1.807) is 11.8 Å². The zero-order valence-electron chi connectivity index (χ0n) is 13.5. The van der Waals surface area contributed by atoms with Crippen LogP contribution < -0.4 is 10.6 Å². The summed E-state index contributed by atoms with van der Waals surface area (Å²) in [5.74, 6) is 2.14. The molecule has 1 heterocycles. The fraction of sp³-hybridized carbons (Fsp3) is 0.625. The summed E-state index contributed by atoms with van der Waals surface area (Å²) in [5, 5.41) is 6.24. The van der Waals surface area contributed by atoms with Crippen LogP contribution in [0.5, 0.6) is 0 Å². The smallest absolute Gasteiger partial charge is 0.251 e. The number of thioether (sulfide) groups is 1. The first-order valence-corrected chi connectivity index (χ1v) is 9.00. The third kappa shape index (κ3) is 6.38. The molecule has 0 aliphatic heterocycles. The lowest BCUT2D eigenvalue weighted by molar-refractivity contribution is 0.0953. The first-order chi connectivity index (χ1) is 10.1.